The van der Waals surface area contributed by atoms with E-state index in [1.54, 1.807) is 21.3 Å². The van der Waals surface area contributed by atoms with Crippen LogP contribution in [0.1, 0.15) is 0 Å². The third kappa shape index (κ3) is 1.23. The molecule has 0 aromatic carbocycles. The van der Waals surface area contributed by atoms with Crippen molar-refractivity contribution in [2.45, 2.75) is 0 Å². The molecular weight excluding hydrogens is 150 g/mol. The van der Waals surface area contributed by atoms with Gasteiger partial charge in [-0.05, 0) is 0 Å². The van der Waals surface area contributed by atoms with Gasteiger partial charge in [0, 0.05) is 34.4 Å². The van der Waals surface area contributed by atoms with E-state index in [1.807, 2.05) is 0 Å². The molecule has 1 aliphatic heterocycles. The van der Waals surface area contributed by atoms with Gasteiger partial charge in [0.05, 0.1) is 0 Å². The summed E-state index contributed by atoms with van der Waals surface area (Å²) in [5.41, 5.74) is 0. The van der Waals surface area contributed by atoms with Gasteiger partial charge in [0.15, 0.2) is 0 Å². The first-order chi connectivity index (χ1) is 4.79. The van der Waals surface area contributed by atoms with Crippen LogP contribution in [0.2, 0.25) is 0 Å². The van der Waals surface area contributed by atoms with Crippen molar-refractivity contribution < 1.29 is 13.3 Å². The van der Waals surface area contributed by atoms with Crippen LogP contribution in [-0.4, -0.2) is 48.0 Å². The predicted octanol–water partition coefficient (Wildman–Crippen LogP) is -0.323. The summed E-state index contributed by atoms with van der Waals surface area (Å²) in [7, 11) is 2.52. The van der Waals surface area contributed by atoms with Gasteiger partial charge < -0.3 is 13.3 Å². The average molecular weight is 163 g/mol. The number of nitrogens with zero attached hydrogens (tertiary/aromatic N) is 1. The van der Waals surface area contributed by atoms with Crippen molar-refractivity contribution in [3.8, 4) is 0 Å². The van der Waals surface area contributed by atoms with Crippen LogP contribution in [-0.2, 0) is 13.3 Å². The molecule has 0 bridgehead atoms. The molecule has 60 valence electrons. The zero-order chi connectivity index (χ0) is 7.61. The molecule has 5 heteroatoms. The molecule has 0 amide bonds. The maximum Gasteiger partial charge on any atom is 0.598 e. The Labute approximate surface area is 62.1 Å². The second kappa shape index (κ2) is 2.98. The first-order valence-corrected chi connectivity index (χ1v) is 4.87. The molecule has 0 unspecified atom stereocenters. The first kappa shape index (κ1) is 8.16. The van der Waals surface area contributed by atoms with Crippen LogP contribution >= 0.6 is 0 Å². The van der Waals surface area contributed by atoms with Crippen molar-refractivity contribution >= 4 is 8.97 Å². The summed E-state index contributed by atoms with van der Waals surface area (Å²) in [6, 6.07) is 0. The molecule has 1 fully saturated rings. The smallest absolute Gasteiger partial charge is 0.364 e. The van der Waals surface area contributed by atoms with Crippen LogP contribution < -0.4 is 0 Å². The lowest BCUT2D eigenvalue weighted by Crippen LogP contribution is -2.51. The molecule has 0 atom stereocenters. The summed E-state index contributed by atoms with van der Waals surface area (Å²) in [4.78, 5) is 0. The third-order valence-corrected chi connectivity index (χ3v) is 4.38. The maximum atomic E-state index is 5.18. The fraction of sp³-hybridized carbons (Fsp3) is 1.00. The van der Waals surface area contributed by atoms with Crippen molar-refractivity contribution in [2.75, 3.05) is 34.4 Å². The van der Waals surface area contributed by atoms with Crippen molar-refractivity contribution in [1.82, 2.24) is 4.57 Å². The highest BCUT2D eigenvalue weighted by Crippen LogP contribution is 2.19. The zero-order valence-corrected chi connectivity index (χ0v) is 7.59. The minimum absolute atomic E-state index is 1.03. The van der Waals surface area contributed by atoms with E-state index >= 15 is 0 Å². The van der Waals surface area contributed by atoms with Gasteiger partial charge in [-0.3, -0.25) is 4.57 Å². The molecule has 1 heterocycles. The molecule has 1 rings (SSSR count). The van der Waals surface area contributed by atoms with Crippen molar-refractivity contribution in [1.29, 1.82) is 0 Å². The highest BCUT2D eigenvalue weighted by atomic mass is 28.4. The van der Waals surface area contributed by atoms with Crippen LogP contribution in [0, 0.1) is 0 Å². The molecule has 0 aromatic rings. The van der Waals surface area contributed by atoms with Crippen LogP contribution in [0.5, 0.6) is 0 Å². The van der Waals surface area contributed by atoms with Gasteiger partial charge in [0.2, 0.25) is 0 Å². The Morgan fingerprint density at radius 2 is 1.40 bits per heavy atom. The Balaban J connectivity index is 2.52. The molecule has 0 radical (unpaired) electrons. The van der Waals surface area contributed by atoms with Gasteiger partial charge in [0.1, 0.15) is 0 Å². The Kier molecular flexibility index (Phi) is 2.43. The maximum absolute atomic E-state index is 5.18. The summed E-state index contributed by atoms with van der Waals surface area (Å²) >= 11 is 0. The Morgan fingerprint density at radius 1 is 1.00 bits per heavy atom. The predicted molar refractivity (Wildman–Crippen MR) is 38.4 cm³/mol. The fourth-order valence-corrected chi connectivity index (χ4v) is 2.88. The Hall–Kier alpha value is 0.0569. The minimum atomic E-state index is -2.35. The average Bonchev–Trinajstić information content (AvgIpc) is 2.77. The SMILES string of the molecule is CO[Si](OC)(OC)N1CC1. The molecule has 0 N–H and O–H groups in total. The second-order valence-corrected chi connectivity index (χ2v) is 5.03. The lowest BCUT2D eigenvalue weighted by atomic mass is 11.0. The van der Waals surface area contributed by atoms with Gasteiger partial charge in [-0.25, -0.2) is 0 Å². The fourth-order valence-electron chi connectivity index (χ4n) is 0.961. The van der Waals surface area contributed by atoms with Crippen molar-refractivity contribution in [3.63, 3.8) is 0 Å². The summed E-state index contributed by atoms with van der Waals surface area (Å²) in [6.07, 6.45) is 0. The summed E-state index contributed by atoms with van der Waals surface area (Å²) in [5, 5.41) is 0. The molecule has 0 spiro atoms. The number of hydrogen-bond acceptors (Lipinski definition) is 4. The summed E-state index contributed by atoms with van der Waals surface area (Å²) in [6.45, 7) is 2.06. The molecular formula is C5H13NO3Si. The summed E-state index contributed by atoms with van der Waals surface area (Å²) < 4.78 is 17.6. The summed E-state index contributed by atoms with van der Waals surface area (Å²) in [5.74, 6) is 0. The van der Waals surface area contributed by atoms with Crippen LogP contribution in [0.25, 0.3) is 0 Å². The zero-order valence-electron chi connectivity index (χ0n) is 6.59. The monoisotopic (exact) mass is 163 g/mol. The van der Waals surface area contributed by atoms with Gasteiger partial charge >= 0.3 is 8.97 Å². The van der Waals surface area contributed by atoms with E-state index in [9.17, 15) is 0 Å². The molecule has 0 saturated carbocycles. The lowest BCUT2D eigenvalue weighted by Gasteiger charge is -2.23. The quantitative estimate of drug-likeness (QED) is 0.420. The number of hydrogen-bond donors (Lipinski definition) is 0. The van der Waals surface area contributed by atoms with E-state index in [0.717, 1.165) is 13.1 Å². The van der Waals surface area contributed by atoms with Crippen LogP contribution in [0.3, 0.4) is 0 Å². The van der Waals surface area contributed by atoms with E-state index in [-0.39, 0.29) is 0 Å². The molecule has 10 heavy (non-hydrogen) atoms. The topological polar surface area (TPSA) is 30.7 Å². The Morgan fingerprint density at radius 3 is 1.50 bits per heavy atom. The molecule has 0 aliphatic carbocycles. The Bertz CT molecular complexity index is 105. The molecule has 4 nitrogen and oxygen atoms in total. The van der Waals surface area contributed by atoms with Crippen molar-refractivity contribution in [3.05, 3.63) is 0 Å². The molecule has 0 aromatic heterocycles. The normalized spacial score (nSPS) is 19.5. The van der Waals surface area contributed by atoms with Crippen LogP contribution in [0.4, 0.5) is 0 Å². The van der Waals surface area contributed by atoms with Gasteiger partial charge in [-0.15, -0.1) is 0 Å². The standard InChI is InChI=1S/C5H13NO3Si/c1-7-10(8-2,9-3)6-4-5-6/h4-5H2,1-3H3. The highest BCUT2D eigenvalue weighted by Gasteiger charge is 2.51. The highest BCUT2D eigenvalue weighted by molar-refractivity contribution is 6.58. The van der Waals surface area contributed by atoms with Crippen LogP contribution in [0.15, 0.2) is 0 Å². The van der Waals surface area contributed by atoms with Gasteiger partial charge in [-0.2, -0.15) is 0 Å². The van der Waals surface area contributed by atoms with Gasteiger partial charge in [0.25, 0.3) is 0 Å². The number of rotatable bonds is 4. The largest absolute Gasteiger partial charge is 0.598 e. The van der Waals surface area contributed by atoms with Crippen molar-refractivity contribution in [2.24, 2.45) is 0 Å². The third-order valence-electron chi connectivity index (χ3n) is 1.61. The van der Waals surface area contributed by atoms with E-state index in [4.69, 9.17) is 13.3 Å². The van der Waals surface area contributed by atoms with E-state index in [0.29, 0.717) is 0 Å². The second-order valence-electron chi connectivity index (χ2n) is 2.12. The minimum Gasteiger partial charge on any atom is -0.364 e. The lowest BCUT2D eigenvalue weighted by molar-refractivity contribution is 0.0903. The van der Waals surface area contributed by atoms with E-state index in [2.05, 4.69) is 4.57 Å². The first-order valence-electron chi connectivity index (χ1n) is 3.19. The van der Waals surface area contributed by atoms with E-state index < -0.39 is 8.97 Å². The van der Waals surface area contributed by atoms with Gasteiger partial charge in [-0.1, -0.05) is 0 Å². The van der Waals surface area contributed by atoms with E-state index in [1.165, 1.54) is 0 Å². The molecule has 1 saturated heterocycles. The molecule has 1 aliphatic rings.